The van der Waals surface area contributed by atoms with Gasteiger partial charge in [0.15, 0.2) is 0 Å². The van der Waals surface area contributed by atoms with Crippen molar-refractivity contribution in [3.63, 3.8) is 0 Å². The second kappa shape index (κ2) is 5.44. The molecule has 1 saturated heterocycles. The van der Waals surface area contributed by atoms with Crippen molar-refractivity contribution in [1.29, 1.82) is 0 Å². The summed E-state index contributed by atoms with van der Waals surface area (Å²) in [5.74, 6) is 1.77. The lowest BCUT2D eigenvalue weighted by Gasteiger charge is -2.33. The maximum Gasteiger partial charge on any atom is 0.0543 e. The van der Waals surface area contributed by atoms with E-state index in [0.717, 1.165) is 18.4 Å². The molecule has 1 aliphatic rings. The van der Waals surface area contributed by atoms with Crippen LogP contribution in [0, 0.1) is 11.8 Å². The van der Waals surface area contributed by atoms with E-state index >= 15 is 0 Å². The van der Waals surface area contributed by atoms with Crippen molar-refractivity contribution in [1.82, 2.24) is 9.88 Å². The van der Waals surface area contributed by atoms with Gasteiger partial charge in [-0.2, -0.15) is 0 Å². The highest BCUT2D eigenvalue weighted by Crippen LogP contribution is 2.24. The van der Waals surface area contributed by atoms with Crippen molar-refractivity contribution >= 4 is 0 Å². The van der Waals surface area contributed by atoms with Crippen LogP contribution in [0.25, 0.3) is 0 Å². The first-order chi connectivity index (χ1) is 7.75. The highest BCUT2D eigenvalue weighted by Gasteiger charge is 2.21. The summed E-state index contributed by atoms with van der Waals surface area (Å²) in [6.45, 7) is 8.18. The second-order valence-electron chi connectivity index (χ2n) is 5.18. The Morgan fingerprint density at radius 2 is 2.06 bits per heavy atom. The van der Waals surface area contributed by atoms with Crippen LogP contribution in [0.2, 0.25) is 0 Å². The SMILES string of the molecule is CC(C)C1CCN(Cc2ccccn2)CC1. The van der Waals surface area contributed by atoms with Crippen molar-refractivity contribution in [3.8, 4) is 0 Å². The van der Waals surface area contributed by atoms with Gasteiger partial charge in [0.05, 0.1) is 5.69 Å². The molecule has 2 heterocycles. The molecule has 0 atom stereocenters. The summed E-state index contributed by atoms with van der Waals surface area (Å²) in [6.07, 6.45) is 4.59. The molecule has 0 N–H and O–H groups in total. The van der Waals surface area contributed by atoms with Gasteiger partial charge in [-0.1, -0.05) is 19.9 Å². The summed E-state index contributed by atoms with van der Waals surface area (Å²) in [7, 11) is 0. The van der Waals surface area contributed by atoms with Gasteiger partial charge in [0.1, 0.15) is 0 Å². The molecule has 0 radical (unpaired) electrons. The number of hydrogen-bond acceptors (Lipinski definition) is 2. The molecule has 0 spiro atoms. The average molecular weight is 218 g/mol. The predicted molar refractivity (Wildman–Crippen MR) is 67.1 cm³/mol. The maximum atomic E-state index is 4.39. The first-order valence-electron chi connectivity index (χ1n) is 6.38. The minimum atomic E-state index is 0.844. The van der Waals surface area contributed by atoms with E-state index in [0.29, 0.717) is 0 Å². The lowest BCUT2D eigenvalue weighted by Crippen LogP contribution is -2.34. The van der Waals surface area contributed by atoms with E-state index in [1.165, 1.54) is 31.6 Å². The Balaban J connectivity index is 1.82. The van der Waals surface area contributed by atoms with Crippen LogP contribution in [0.4, 0.5) is 0 Å². The highest BCUT2D eigenvalue weighted by molar-refractivity contribution is 5.03. The van der Waals surface area contributed by atoms with E-state index in [2.05, 4.69) is 35.9 Å². The van der Waals surface area contributed by atoms with Gasteiger partial charge in [0.2, 0.25) is 0 Å². The zero-order valence-electron chi connectivity index (χ0n) is 10.4. The first kappa shape index (κ1) is 11.6. The van der Waals surface area contributed by atoms with Crippen molar-refractivity contribution in [2.45, 2.75) is 33.2 Å². The molecule has 1 aromatic rings. The Morgan fingerprint density at radius 3 is 2.62 bits per heavy atom. The summed E-state index contributed by atoms with van der Waals surface area (Å²) >= 11 is 0. The van der Waals surface area contributed by atoms with Gasteiger partial charge in [0.25, 0.3) is 0 Å². The van der Waals surface area contributed by atoms with E-state index in [4.69, 9.17) is 0 Å². The van der Waals surface area contributed by atoms with Gasteiger partial charge >= 0.3 is 0 Å². The van der Waals surface area contributed by atoms with Crippen LogP contribution in [-0.4, -0.2) is 23.0 Å². The molecule has 2 nitrogen and oxygen atoms in total. The molecule has 0 unspecified atom stereocenters. The Morgan fingerprint density at radius 1 is 1.31 bits per heavy atom. The largest absolute Gasteiger partial charge is 0.297 e. The van der Waals surface area contributed by atoms with E-state index in [1.54, 1.807) is 0 Å². The summed E-state index contributed by atoms with van der Waals surface area (Å²) in [5, 5.41) is 0. The predicted octanol–water partition coefficient (Wildman–Crippen LogP) is 2.95. The van der Waals surface area contributed by atoms with Crippen LogP contribution in [0.3, 0.4) is 0 Å². The summed E-state index contributed by atoms with van der Waals surface area (Å²) in [4.78, 5) is 6.91. The first-order valence-corrected chi connectivity index (χ1v) is 6.38. The number of nitrogens with zero attached hydrogens (tertiary/aromatic N) is 2. The monoisotopic (exact) mass is 218 g/mol. The molecule has 1 aliphatic heterocycles. The Bertz CT molecular complexity index is 300. The third-order valence-electron chi connectivity index (χ3n) is 3.69. The number of aromatic nitrogens is 1. The molecule has 88 valence electrons. The topological polar surface area (TPSA) is 16.1 Å². The molecule has 0 aromatic carbocycles. The fourth-order valence-electron chi connectivity index (χ4n) is 2.50. The van der Waals surface area contributed by atoms with Gasteiger partial charge in [0, 0.05) is 12.7 Å². The fraction of sp³-hybridized carbons (Fsp3) is 0.643. The van der Waals surface area contributed by atoms with Gasteiger partial charge in [-0.25, -0.2) is 0 Å². The van der Waals surface area contributed by atoms with Gasteiger partial charge in [-0.15, -0.1) is 0 Å². The molecular formula is C14H22N2. The third kappa shape index (κ3) is 3.05. The van der Waals surface area contributed by atoms with Crippen LogP contribution >= 0.6 is 0 Å². The number of rotatable bonds is 3. The van der Waals surface area contributed by atoms with E-state index in [1.807, 2.05) is 12.3 Å². The Kier molecular flexibility index (Phi) is 3.94. The summed E-state index contributed by atoms with van der Waals surface area (Å²) < 4.78 is 0. The van der Waals surface area contributed by atoms with Gasteiger partial charge in [-0.05, 0) is 49.9 Å². The molecule has 0 aliphatic carbocycles. The number of piperidine rings is 1. The van der Waals surface area contributed by atoms with Crippen LogP contribution < -0.4 is 0 Å². The molecule has 1 fully saturated rings. The van der Waals surface area contributed by atoms with Crippen LogP contribution in [0.1, 0.15) is 32.4 Å². The van der Waals surface area contributed by atoms with Crippen LogP contribution in [-0.2, 0) is 6.54 Å². The number of hydrogen-bond donors (Lipinski definition) is 0. The lowest BCUT2D eigenvalue weighted by atomic mass is 9.87. The smallest absolute Gasteiger partial charge is 0.0543 e. The molecule has 0 saturated carbocycles. The van der Waals surface area contributed by atoms with Crippen molar-refractivity contribution in [3.05, 3.63) is 30.1 Å². The molecular weight excluding hydrogens is 196 g/mol. The highest BCUT2D eigenvalue weighted by atomic mass is 15.1. The van der Waals surface area contributed by atoms with Gasteiger partial charge in [-0.3, -0.25) is 9.88 Å². The number of likely N-dealkylation sites (tertiary alicyclic amines) is 1. The van der Waals surface area contributed by atoms with Crippen molar-refractivity contribution < 1.29 is 0 Å². The molecule has 0 amide bonds. The Hall–Kier alpha value is -0.890. The van der Waals surface area contributed by atoms with E-state index < -0.39 is 0 Å². The van der Waals surface area contributed by atoms with E-state index in [-0.39, 0.29) is 0 Å². The zero-order valence-corrected chi connectivity index (χ0v) is 10.4. The molecule has 0 bridgehead atoms. The van der Waals surface area contributed by atoms with Gasteiger partial charge < -0.3 is 0 Å². The zero-order chi connectivity index (χ0) is 11.4. The average Bonchev–Trinajstić information content (AvgIpc) is 2.31. The minimum Gasteiger partial charge on any atom is -0.297 e. The van der Waals surface area contributed by atoms with Crippen LogP contribution in [0.15, 0.2) is 24.4 Å². The van der Waals surface area contributed by atoms with Crippen molar-refractivity contribution in [2.75, 3.05) is 13.1 Å². The molecule has 16 heavy (non-hydrogen) atoms. The van der Waals surface area contributed by atoms with Crippen LogP contribution in [0.5, 0.6) is 0 Å². The minimum absolute atomic E-state index is 0.844. The molecule has 1 aromatic heterocycles. The molecule has 2 rings (SSSR count). The lowest BCUT2D eigenvalue weighted by molar-refractivity contribution is 0.150. The third-order valence-corrected chi connectivity index (χ3v) is 3.69. The second-order valence-corrected chi connectivity index (χ2v) is 5.18. The number of pyridine rings is 1. The normalized spacial score (nSPS) is 19.2. The van der Waals surface area contributed by atoms with Crippen molar-refractivity contribution in [2.24, 2.45) is 11.8 Å². The Labute approximate surface area is 98.7 Å². The van der Waals surface area contributed by atoms with E-state index in [9.17, 15) is 0 Å². The summed E-state index contributed by atoms with van der Waals surface area (Å²) in [6, 6.07) is 6.17. The quantitative estimate of drug-likeness (QED) is 0.775. The fourth-order valence-corrected chi connectivity index (χ4v) is 2.50. The molecule has 2 heteroatoms. The summed E-state index contributed by atoms with van der Waals surface area (Å²) in [5.41, 5.74) is 1.20. The standard InChI is InChI=1S/C14H22N2/c1-12(2)13-6-9-16(10-7-13)11-14-5-3-4-8-15-14/h3-5,8,12-13H,6-7,9-11H2,1-2H3. The maximum absolute atomic E-state index is 4.39.